The van der Waals surface area contributed by atoms with Crippen molar-refractivity contribution in [3.8, 4) is 0 Å². The van der Waals surface area contributed by atoms with Gasteiger partial charge in [0.15, 0.2) is 0 Å². The maximum atomic E-state index is 11.3. The van der Waals surface area contributed by atoms with E-state index in [1.807, 2.05) is 0 Å². The minimum atomic E-state index is -4.62. The predicted octanol–water partition coefficient (Wildman–Crippen LogP) is 1.27. The topological polar surface area (TPSA) is 37.3 Å². The van der Waals surface area contributed by atoms with Crippen molar-refractivity contribution in [1.29, 1.82) is 0 Å². The molecule has 0 rings (SSSR count). The first-order chi connectivity index (χ1) is 3.85. The summed E-state index contributed by atoms with van der Waals surface area (Å²) < 4.78 is 34.0. The van der Waals surface area contributed by atoms with Gasteiger partial charge < -0.3 is 5.11 Å². The Morgan fingerprint density at radius 1 is 1.56 bits per heavy atom. The lowest BCUT2D eigenvalue weighted by atomic mass is 10.2. The molecule has 0 fully saturated rings. The Morgan fingerprint density at radius 2 is 1.89 bits per heavy atom. The monoisotopic (exact) mass is 142 g/mol. The van der Waals surface area contributed by atoms with Gasteiger partial charge in [0.25, 0.3) is 0 Å². The van der Waals surface area contributed by atoms with Crippen LogP contribution in [0.5, 0.6) is 0 Å². The molecule has 0 aromatic heterocycles. The molecular formula is C4H5F3O2. The fourth-order valence-electron chi connectivity index (χ4n) is 0.140. The molecule has 9 heavy (non-hydrogen) atoms. The highest BCUT2D eigenvalue weighted by molar-refractivity contribution is 5.70. The Bertz CT molecular complexity index is 117. The highest BCUT2D eigenvalue weighted by atomic mass is 19.4. The zero-order valence-corrected chi connectivity index (χ0v) is 4.57. The Morgan fingerprint density at radius 3 is 1.89 bits per heavy atom. The average molecular weight is 142 g/mol. The molecule has 1 atom stereocenters. The number of alkyl halides is 3. The van der Waals surface area contributed by atoms with Gasteiger partial charge in [-0.05, 0) is 6.92 Å². The van der Waals surface area contributed by atoms with Gasteiger partial charge in [-0.2, -0.15) is 13.2 Å². The third-order valence-corrected chi connectivity index (χ3v) is 0.861. The summed E-state index contributed by atoms with van der Waals surface area (Å²) in [5, 5.41) is 7.80. The highest BCUT2D eigenvalue weighted by Gasteiger charge is 2.41. The summed E-state index contributed by atoms with van der Waals surface area (Å²) in [5.41, 5.74) is 0. The van der Waals surface area contributed by atoms with Crippen LogP contribution < -0.4 is 0 Å². The summed E-state index contributed by atoms with van der Waals surface area (Å²) in [6.45, 7) is 0.600. The van der Waals surface area contributed by atoms with Crippen LogP contribution in [-0.4, -0.2) is 17.3 Å². The van der Waals surface area contributed by atoms with E-state index in [-0.39, 0.29) is 0 Å². The maximum Gasteiger partial charge on any atom is 0.401 e. The predicted molar refractivity (Wildman–Crippen MR) is 22.9 cm³/mol. The molecule has 0 saturated heterocycles. The van der Waals surface area contributed by atoms with Crippen LogP contribution in [0.4, 0.5) is 13.2 Å². The fourth-order valence-corrected chi connectivity index (χ4v) is 0.140. The standard InChI is InChI=1S/C4H5F3O2/c1-2(3(8)9)4(5,6)7/h2H,1H3,(H,8,9)/t2-/m1/s1. The molecule has 0 aliphatic carbocycles. The van der Waals surface area contributed by atoms with Gasteiger partial charge in [0.1, 0.15) is 5.92 Å². The highest BCUT2D eigenvalue weighted by Crippen LogP contribution is 2.25. The van der Waals surface area contributed by atoms with E-state index in [2.05, 4.69) is 0 Å². The summed E-state index contributed by atoms with van der Waals surface area (Å²) in [6.07, 6.45) is -4.62. The molecule has 0 aliphatic rings. The van der Waals surface area contributed by atoms with Crippen molar-refractivity contribution in [2.24, 2.45) is 5.92 Å². The first-order valence-corrected chi connectivity index (χ1v) is 2.15. The van der Waals surface area contributed by atoms with E-state index in [9.17, 15) is 18.0 Å². The summed E-state index contributed by atoms with van der Waals surface area (Å²) in [7, 11) is 0. The number of carbonyl (C=O) groups is 1. The number of aliphatic carboxylic acids is 1. The normalized spacial score (nSPS) is 15.1. The number of hydrogen-bond acceptors (Lipinski definition) is 1. The molecule has 54 valence electrons. The van der Waals surface area contributed by atoms with Gasteiger partial charge in [0.05, 0.1) is 0 Å². The van der Waals surface area contributed by atoms with Crippen molar-refractivity contribution in [3.05, 3.63) is 0 Å². The van der Waals surface area contributed by atoms with Crippen molar-refractivity contribution >= 4 is 5.97 Å². The van der Waals surface area contributed by atoms with E-state index in [0.29, 0.717) is 6.92 Å². The second kappa shape index (κ2) is 2.24. The molecule has 0 amide bonds. The van der Waals surface area contributed by atoms with E-state index in [0.717, 1.165) is 0 Å². The van der Waals surface area contributed by atoms with Gasteiger partial charge in [0, 0.05) is 0 Å². The molecule has 0 bridgehead atoms. The Hall–Kier alpha value is -0.740. The van der Waals surface area contributed by atoms with Gasteiger partial charge in [0.2, 0.25) is 0 Å². The Kier molecular flexibility index (Phi) is 2.06. The van der Waals surface area contributed by atoms with Crippen LogP contribution >= 0.6 is 0 Å². The molecule has 0 aromatic rings. The van der Waals surface area contributed by atoms with Crippen LogP contribution in [0, 0.1) is 5.92 Å². The van der Waals surface area contributed by atoms with Crippen LogP contribution in [0.2, 0.25) is 0 Å². The van der Waals surface area contributed by atoms with Crippen LogP contribution in [0.1, 0.15) is 6.92 Å². The summed E-state index contributed by atoms with van der Waals surface area (Å²) in [4.78, 5) is 9.63. The summed E-state index contributed by atoms with van der Waals surface area (Å²) >= 11 is 0. The molecule has 0 radical (unpaired) electrons. The van der Waals surface area contributed by atoms with E-state index in [4.69, 9.17) is 5.11 Å². The first kappa shape index (κ1) is 8.26. The number of carboxylic acids is 1. The van der Waals surface area contributed by atoms with Gasteiger partial charge in [-0.25, -0.2) is 0 Å². The van der Waals surface area contributed by atoms with Crippen molar-refractivity contribution in [1.82, 2.24) is 0 Å². The second-order valence-electron chi connectivity index (χ2n) is 1.60. The third kappa shape index (κ3) is 2.34. The molecule has 0 saturated carbocycles. The lowest BCUT2D eigenvalue weighted by molar-refractivity contribution is -0.189. The Balaban J connectivity index is 4.04. The van der Waals surface area contributed by atoms with Crippen LogP contribution in [-0.2, 0) is 4.79 Å². The number of hydrogen-bond donors (Lipinski definition) is 1. The molecule has 0 unspecified atom stereocenters. The first-order valence-electron chi connectivity index (χ1n) is 2.15. The molecule has 0 aliphatic heterocycles. The smallest absolute Gasteiger partial charge is 0.401 e. The number of rotatable bonds is 1. The fraction of sp³-hybridized carbons (Fsp3) is 0.750. The molecule has 0 heterocycles. The van der Waals surface area contributed by atoms with Gasteiger partial charge >= 0.3 is 12.1 Å². The van der Waals surface area contributed by atoms with Crippen LogP contribution in [0.3, 0.4) is 0 Å². The Labute approximate surface area is 49.3 Å². The SMILES string of the molecule is C[C@H](C(=O)O)C(F)(F)F. The van der Waals surface area contributed by atoms with E-state index in [1.165, 1.54) is 0 Å². The quantitative estimate of drug-likeness (QED) is 0.598. The number of halogens is 3. The van der Waals surface area contributed by atoms with E-state index < -0.39 is 18.1 Å². The molecule has 0 aromatic carbocycles. The van der Waals surface area contributed by atoms with E-state index in [1.54, 1.807) is 0 Å². The number of carboxylic acid groups (broad SMARTS) is 1. The van der Waals surface area contributed by atoms with E-state index >= 15 is 0 Å². The minimum Gasteiger partial charge on any atom is -0.481 e. The second-order valence-corrected chi connectivity index (χ2v) is 1.60. The van der Waals surface area contributed by atoms with Crippen molar-refractivity contribution in [2.75, 3.05) is 0 Å². The van der Waals surface area contributed by atoms with Crippen LogP contribution in [0.15, 0.2) is 0 Å². The molecular weight excluding hydrogens is 137 g/mol. The lowest BCUT2D eigenvalue weighted by Crippen LogP contribution is -2.27. The zero-order valence-electron chi connectivity index (χ0n) is 4.57. The minimum absolute atomic E-state index is 0.600. The maximum absolute atomic E-state index is 11.3. The zero-order chi connectivity index (χ0) is 7.65. The molecule has 1 N–H and O–H groups in total. The summed E-state index contributed by atoms with van der Waals surface area (Å²) in [5.74, 6) is -4.11. The van der Waals surface area contributed by atoms with Gasteiger partial charge in [-0.15, -0.1) is 0 Å². The largest absolute Gasteiger partial charge is 0.481 e. The van der Waals surface area contributed by atoms with Gasteiger partial charge in [-0.1, -0.05) is 0 Å². The lowest BCUT2D eigenvalue weighted by Gasteiger charge is -2.09. The molecule has 5 heteroatoms. The third-order valence-electron chi connectivity index (χ3n) is 0.861. The van der Waals surface area contributed by atoms with Gasteiger partial charge in [-0.3, -0.25) is 4.79 Å². The van der Waals surface area contributed by atoms with Crippen LogP contribution in [0.25, 0.3) is 0 Å². The van der Waals surface area contributed by atoms with Crippen molar-refractivity contribution in [2.45, 2.75) is 13.1 Å². The molecule has 2 nitrogen and oxygen atoms in total. The van der Waals surface area contributed by atoms with Crippen molar-refractivity contribution < 1.29 is 23.1 Å². The average Bonchev–Trinajstić information content (AvgIpc) is 1.62. The van der Waals surface area contributed by atoms with Crippen molar-refractivity contribution in [3.63, 3.8) is 0 Å². The summed E-state index contributed by atoms with van der Waals surface area (Å²) in [6, 6.07) is 0. The molecule has 0 spiro atoms.